The molecule has 0 amide bonds. The number of carboxylic acid groups (broad SMARTS) is 1. The molecule has 1 heterocycles. The summed E-state index contributed by atoms with van der Waals surface area (Å²) in [6, 6.07) is 16.3. The molecular weight excluding hydrogens is 336 g/mol. The Hall–Kier alpha value is -2.33. The molecule has 0 aromatic heterocycles. The van der Waals surface area contributed by atoms with Gasteiger partial charge in [0.1, 0.15) is 0 Å². The molecule has 5 heteroatoms. The largest absolute Gasteiger partial charge is 0.479 e. The number of hydrogen-bond donors (Lipinski definition) is 1. The second kappa shape index (κ2) is 6.19. The fraction of sp³-hybridized carbons (Fsp3) is 0.300. The smallest absolute Gasteiger partial charge is 0.338 e. The van der Waals surface area contributed by atoms with Crippen molar-refractivity contribution in [2.24, 2.45) is 10.9 Å². The van der Waals surface area contributed by atoms with Crippen LogP contribution < -0.4 is 0 Å². The summed E-state index contributed by atoms with van der Waals surface area (Å²) in [6.07, 6.45) is 4.12. The van der Waals surface area contributed by atoms with Crippen molar-refractivity contribution >= 4 is 23.9 Å². The van der Waals surface area contributed by atoms with Gasteiger partial charge in [0.15, 0.2) is 0 Å². The zero-order valence-corrected chi connectivity index (χ0v) is 14.4. The first-order chi connectivity index (χ1) is 12.1. The third-order valence-electron chi connectivity index (χ3n) is 5.03. The van der Waals surface area contributed by atoms with E-state index in [0.717, 1.165) is 12.1 Å². The molecule has 1 fully saturated rings. The van der Waals surface area contributed by atoms with Crippen molar-refractivity contribution in [2.75, 3.05) is 6.54 Å². The van der Waals surface area contributed by atoms with E-state index in [1.165, 1.54) is 12.8 Å². The second-order valence-corrected chi connectivity index (χ2v) is 7.21. The molecule has 25 heavy (non-hydrogen) atoms. The number of carbonyl (C=O) groups is 1. The van der Waals surface area contributed by atoms with Crippen LogP contribution in [0.5, 0.6) is 0 Å². The number of halogens is 1. The highest BCUT2D eigenvalue weighted by Gasteiger charge is 2.54. The first-order valence-corrected chi connectivity index (χ1v) is 8.84. The first kappa shape index (κ1) is 16.2. The van der Waals surface area contributed by atoms with Crippen molar-refractivity contribution in [3.63, 3.8) is 0 Å². The predicted molar refractivity (Wildman–Crippen MR) is 97.9 cm³/mol. The zero-order chi connectivity index (χ0) is 17.4. The van der Waals surface area contributed by atoms with E-state index in [0.29, 0.717) is 16.5 Å². The van der Waals surface area contributed by atoms with Crippen LogP contribution in [0.15, 0.2) is 59.6 Å². The quantitative estimate of drug-likeness (QED) is 0.878. The van der Waals surface area contributed by atoms with Crippen LogP contribution in [0.4, 0.5) is 0 Å². The van der Waals surface area contributed by atoms with Crippen molar-refractivity contribution in [3.05, 3.63) is 70.7 Å². The lowest BCUT2D eigenvalue weighted by Gasteiger charge is -2.35. The standard InChI is InChI=1S/C20H19ClN2O2/c21-17-10-8-15(9-11-17)18-20(19(24)25,16-4-2-1-3-5-16)22-13-23(18)12-14-6-7-14/h1-5,8-11,13-14,18H,6-7,12H2,(H,24,25). The normalized spacial score (nSPS) is 25.3. The van der Waals surface area contributed by atoms with Crippen LogP contribution in [0.25, 0.3) is 0 Å². The molecule has 2 aliphatic rings. The highest BCUT2D eigenvalue weighted by Crippen LogP contribution is 2.47. The summed E-state index contributed by atoms with van der Waals surface area (Å²) >= 11 is 6.04. The van der Waals surface area contributed by atoms with Crippen LogP contribution in [0.2, 0.25) is 5.02 Å². The number of aliphatic carboxylic acids is 1. The van der Waals surface area contributed by atoms with E-state index in [4.69, 9.17) is 11.6 Å². The third-order valence-corrected chi connectivity index (χ3v) is 5.28. The van der Waals surface area contributed by atoms with Crippen molar-refractivity contribution in [2.45, 2.75) is 24.4 Å². The van der Waals surface area contributed by atoms with Gasteiger partial charge in [-0.3, -0.25) is 0 Å². The number of carboxylic acids is 1. The van der Waals surface area contributed by atoms with Crippen LogP contribution in [-0.4, -0.2) is 28.9 Å². The van der Waals surface area contributed by atoms with Gasteiger partial charge in [0.2, 0.25) is 5.54 Å². The minimum atomic E-state index is -1.34. The maximum atomic E-state index is 12.5. The number of nitrogens with zero attached hydrogens (tertiary/aromatic N) is 2. The Morgan fingerprint density at radius 3 is 2.44 bits per heavy atom. The molecule has 1 aliphatic carbocycles. The number of hydrogen-bond acceptors (Lipinski definition) is 3. The molecular formula is C20H19ClN2O2. The first-order valence-electron chi connectivity index (χ1n) is 8.47. The summed E-state index contributed by atoms with van der Waals surface area (Å²) in [4.78, 5) is 19.1. The third kappa shape index (κ3) is 2.81. The molecule has 0 radical (unpaired) electrons. The van der Waals surface area contributed by atoms with Crippen molar-refractivity contribution in [1.82, 2.24) is 4.90 Å². The van der Waals surface area contributed by atoms with Gasteiger partial charge < -0.3 is 10.0 Å². The Morgan fingerprint density at radius 1 is 1.16 bits per heavy atom. The summed E-state index contributed by atoms with van der Waals surface area (Å²) in [5.74, 6) is -0.310. The van der Waals surface area contributed by atoms with E-state index in [-0.39, 0.29) is 6.04 Å². The van der Waals surface area contributed by atoms with Crippen LogP contribution in [0, 0.1) is 5.92 Å². The zero-order valence-electron chi connectivity index (χ0n) is 13.7. The fourth-order valence-electron chi connectivity index (χ4n) is 3.59. The summed E-state index contributed by atoms with van der Waals surface area (Å²) in [6.45, 7) is 0.832. The van der Waals surface area contributed by atoms with Gasteiger partial charge in [-0.1, -0.05) is 54.1 Å². The molecule has 1 N–H and O–H groups in total. The minimum Gasteiger partial charge on any atom is -0.479 e. The van der Waals surface area contributed by atoms with Gasteiger partial charge in [-0.2, -0.15) is 0 Å². The molecule has 0 bridgehead atoms. The molecule has 2 aromatic rings. The highest BCUT2D eigenvalue weighted by atomic mass is 35.5. The predicted octanol–water partition coefficient (Wildman–Crippen LogP) is 4.12. The van der Waals surface area contributed by atoms with Gasteiger partial charge in [0.05, 0.1) is 12.4 Å². The summed E-state index contributed by atoms with van der Waals surface area (Å²) < 4.78 is 0. The molecule has 0 saturated heterocycles. The van der Waals surface area contributed by atoms with E-state index in [9.17, 15) is 9.90 Å². The molecule has 2 atom stereocenters. The number of benzene rings is 2. The van der Waals surface area contributed by atoms with Gasteiger partial charge in [-0.05, 0) is 42.0 Å². The van der Waals surface area contributed by atoms with Gasteiger partial charge in [0, 0.05) is 11.6 Å². The van der Waals surface area contributed by atoms with Crippen molar-refractivity contribution in [3.8, 4) is 0 Å². The van der Waals surface area contributed by atoms with Gasteiger partial charge in [-0.15, -0.1) is 0 Å². The van der Waals surface area contributed by atoms with Crippen LogP contribution >= 0.6 is 11.6 Å². The Labute approximate surface area is 151 Å². The Bertz CT molecular complexity index is 802. The van der Waals surface area contributed by atoms with Gasteiger partial charge >= 0.3 is 5.97 Å². The molecule has 2 aromatic carbocycles. The Morgan fingerprint density at radius 2 is 1.84 bits per heavy atom. The molecule has 1 aliphatic heterocycles. The lowest BCUT2D eigenvalue weighted by atomic mass is 9.80. The fourth-order valence-corrected chi connectivity index (χ4v) is 3.72. The molecule has 128 valence electrons. The lowest BCUT2D eigenvalue weighted by molar-refractivity contribution is -0.145. The van der Waals surface area contributed by atoms with Crippen LogP contribution in [-0.2, 0) is 10.3 Å². The second-order valence-electron chi connectivity index (χ2n) is 6.78. The summed E-state index contributed by atoms with van der Waals surface area (Å²) in [7, 11) is 0. The van der Waals surface area contributed by atoms with Crippen molar-refractivity contribution in [1.29, 1.82) is 0 Å². The summed E-state index contributed by atoms with van der Waals surface area (Å²) in [5, 5.41) is 10.8. The number of aliphatic imine (C=N–C) groups is 1. The van der Waals surface area contributed by atoms with E-state index in [2.05, 4.69) is 9.89 Å². The van der Waals surface area contributed by atoms with E-state index in [1.807, 2.05) is 54.6 Å². The Kier molecular flexibility index (Phi) is 4.00. The van der Waals surface area contributed by atoms with Gasteiger partial charge in [0.25, 0.3) is 0 Å². The van der Waals surface area contributed by atoms with Gasteiger partial charge in [-0.25, -0.2) is 9.79 Å². The topological polar surface area (TPSA) is 52.9 Å². The summed E-state index contributed by atoms with van der Waals surface area (Å²) in [5.41, 5.74) is 0.259. The minimum absolute atomic E-state index is 0.384. The number of rotatable bonds is 5. The molecule has 4 rings (SSSR count). The maximum absolute atomic E-state index is 12.5. The average Bonchev–Trinajstić information content (AvgIpc) is 3.35. The van der Waals surface area contributed by atoms with E-state index >= 15 is 0 Å². The van der Waals surface area contributed by atoms with E-state index < -0.39 is 11.5 Å². The van der Waals surface area contributed by atoms with Crippen LogP contribution in [0.3, 0.4) is 0 Å². The Balaban J connectivity index is 1.84. The monoisotopic (exact) mass is 354 g/mol. The SMILES string of the molecule is O=C(O)C1(c2ccccc2)N=CN(CC2CC2)C1c1ccc(Cl)cc1. The van der Waals surface area contributed by atoms with E-state index in [1.54, 1.807) is 6.34 Å². The molecule has 1 saturated carbocycles. The maximum Gasteiger partial charge on any atom is 0.338 e. The molecule has 0 spiro atoms. The lowest BCUT2D eigenvalue weighted by Crippen LogP contribution is -2.43. The van der Waals surface area contributed by atoms with Crippen LogP contribution in [0.1, 0.15) is 30.0 Å². The molecule has 2 unspecified atom stereocenters. The molecule has 4 nitrogen and oxygen atoms in total. The average molecular weight is 355 g/mol. The highest BCUT2D eigenvalue weighted by molar-refractivity contribution is 6.30. The van der Waals surface area contributed by atoms with Crippen molar-refractivity contribution < 1.29 is 9.90 Å².